The Balaban J connectivity index is 0.000000216. The minimum atomic E-state index is -4.58. The van der Waals surface area contributed by atoms with Gasteiger partial charge in [0.1, 0.15) is 28.8 Å². The molecule has 2 aliphatic rings. The van der Waals surface area contributed by atoms with Gasteiger partial charge in [0, 0.05) is 89.7 Å². The number of aromatic nitrogens is 3. The molecule has 5 aromatic rings. The molecular weight excluding hydrogens is 882 g/mol. The van der Waals surface area contributed by atoms with E-state index in [-0.39, 0.29) is 59.5 Å². The topological polar surface area (TPSA) is 151 Å². The van der Waals surface area contributed by atoms with Crippen LogP contribution in [-0.4, -0.2) is 89.9 Å². The predicted octanol–water partition coefficient (Wildman–Crippen LogP) is 8.87. The quantitative estimate of drug-likeness (QED) is 0.0768. The Bertz CT molecular complexity index is 2450. The molecule has 0 saturated carbocycles. The normalized spacial score (nSPS) is 15.4. The standard InChI is InChI=1S/C23H17ClF3NO3.C22H28F3N7O2/c1-14(29)22-13-19(8-9-28-22)31-18-5-2-15(3-6-18)10-17(30)11-16-4-7-21(24)20(12-16)23(25,26)27;1-26-20-27-6-4-19(30-20)32-7-5-17(14-32)29-21(33)28-16-3-2-15(18(12-16)22(23,24)25)13-31-8-10-34-11-9-31/h2-9,12-13H,10-11H2,1H3;2-4,6,12,17H,5,7-11,13-14H2,1H3,(H,26,27,30)(H2,28,29,33)/t;17-/m.0/s1. The van der Waals surface area contributed by atoms with Gasteiger partial charge in [-0.05, 0) is 71.6 Å². The number of amides is 2. The van der Waals surface area contributed by atoms with E-state index >= 15 is 0 Å². The number of halogens is 7. The van der Waals surface area contributed by atoms with E-state index in [1.807, 2.05) is 9.80 Å². The number of nitrogens with one attached hydrogen (secondary N) is 3. The number of alkyl halides is 6. The first-order valence-corrected chi connectivity index (χ1v) is 20.8. The summed E-state index contributed by atoms with van der Waals surface area (Å²) in [6.45, 7) is 5.01. The third kappa shape index (κ3) is 14.1. The summed E-state index contributed by atoms with van der Waals surface area (Å²) in [5.74, 6) is 1.79. The van der Waals surface area contributed by atoms with E-state index < -0.39 is 34.5 Å². The minimum absolute atomic E-state index is 0.0635. The molecule has 2 fully saturated rings. The van der Waals surface area contributed by atoms with Crippen LogP contribution in [0.3, 0.4) is 0 Å². The van der Waals surface area contributed by atoms with E-state index in [1.54, 1.807) is 49.6 Å². The van der Waals surface area contributed by atoms with Crippen LogP contribution in [0.1, 0.15) is 51.7 Å². The van der Waals surface area contributed by atoms with Crippen molar-refractivity contribution in [1.29, 1.82) is 0 Å². The third-order valence-corrected chi connectivity index (χ3v) is 10.6. The maximum atomic E-state index is 13.7. The first-order valence-electron chi connectivity index (χ1n) is 20.4. The van der Waals surface area contributed by atoms with E-state index in [4.69, 9.17) is 21.1 Å². The fourth-order valence-electron chi connectivity index (χ4n) is 7.04. The van der Waals surface area contributed by atoms with Gasteiger partial charge in [0.2, 0.25) is 5.95 Å². The Morgan fingerprint density at radius 1 is 0.815 bits per heavy atom. The third-order valence-electron chi connectivity index (χ3n) is 10.3. The van der Waals surface area contributed by atoms with E-state index in [2.05, 4.69) is 30.9 Å². The van der Waals surface area contributed by atoms with Crippen molar-refractivity contribution in [3.8, 4) is 11.5 Å². The maximum Gasteiger partial charge on any atom is 0.417 e. The molecule has 7 rings (SSSR count). The largest absolute Gasteiger partial charge is 0.457 e. The zero-order chi connectivity index (χ0) is 46.7. The Morgan fingerprint density at radius 3 is 2.20 bits per heavy atom. The average molecular weight is 927 g/mol. The lowest BCUT2D eigenvalue weighted by Gasteiger charge is -2.28. The second-order valence-corrected chi connectivity index (χ2v) is 15.6. The highest BCUT2D eigenvalue weighted by Gasteiger charge is 2.35. The van der Waals surface area contributed by atoms with Crippen LogP contribution in [0.15, 0.2) is 91.3 Å². The van der Waals surface area contributed by atoms with Crippen molar-refractivity contribution in [2.24, 2.45) is 0 Å². The number of rotatable bonds is 13. The SMILES string of the molecule is CC(=O)c1cc(Oc2ccc(CC(=O)Cc3ccc(Cl)c(C(F)(F)F)c3)cc2)ccn1.CNc1nccc(N2CC[C@H](NC(=O)Nc3ccc(CN4CCOCC4)c(C(F)(F)F)c3)C2)n1. The summed E-state index contributed by atoms with van der Waals surface area (Å²) in [6, 6.07) is 18.4. The van der Waals surface area contributed by atoms with Crippen molar-refractivity contribution >= 4 is 46.7 Å². The molecule has 13 nitrogen and oxygen atoms in total. The summed E-state index contributed by atoms with van der Waals surface area (Å²) in [4.78, 5) is 52.6. The van der Waals surface area contributed by atoms with Crippen molar-refractivity contribution < 1.29 is 50.2 Å². The van der Waals surface area contributed by atoms with Gasteiger partial charge in [0.25, 0.3) is 0 Å². The van der Waals surface area contributed by atoms with Gasteiger partial charge >= 0.3 is 18.4 Å². The van der Waals surface area contributed by atoms with Gasteiger partial charge in [-0.3, -0.25) is 19.5 Å². The number of nitrogens with zero attached hydrogens (tertiary/aromatic N) is 5. The molecule has 2 amide bonds. The molecule has 3 aromatic carbocycles. The van der Waals surface area contributed by atoms with Crippen molar-refractivity contribution in [3.63, 3.8) is 0 Å². The lowest BCUT2D eigenvalue weighted by Crippen LogP contribution is -2.40. The number of benzene rings is 3. The van der Waals surface area contributed by atoms with Gasteiger partial charge in [0.05, 0.1) is 29.4 Å². The van der Waals surface area contributed by atoms with Gasteiger partial charge < -0.3 is 30.3 Å². The summed E-state index contributed by atoms with van der Waals surface area (Å²) < 4.78 is 91.0. The van der Waals surface area contributed by atoms with Crippen LogP contribution in [-0.2, 0) is 41.3 Å². The lowest BCUT2D eigenvalue weighted by molar-refractivity contribution is -0.139. The Hall–Kier alpha value is -6.31. The number of Topliss-reactive ketones (excluding diaryl/α,β-unsaturated/α-hetero) is 2. The van der Waals surface area contributed by atoms with Crippen LogP contribution in [0.2, 0.25) is 5.02 Å². The molecular formula is C45H45ClF6N8O5. The molecule has 3 N–H and O–H groups in total. The Morgan fingerprint density at radius 2 is 1.51 bits per heavy atom. The molecule has 0 bridgehead atoms. The number of urea groups is 1. The van der Waals surface area contributed by atoms with Gasteiger partial charge in [-0.15, -0.1) is 0 Å². The van der Waals surface area contributed by atoms with Crippen molar-refractivity contribution in [3.05, 3.63) is 130 Å². The van der Waals surface area contributed by atoms with Gasteiger partial charge in [0.15, 0.2) is 5.78 Å². The second-order valence-electron chi connectivity index (χ2n) is 15.2. The van der Waals surface area contributed by atoms with Gasteiger partial charge in [-0.25, -0.2) is 9.78 Å². The molecule has 65 heavy (non-hydrogen) atoms. The van der Waals surface area contributed by atoms with E-state index in [0.717, 1.165) is 24.0 Å². The lowest BCUT2D eigenvalue weighted by atomic mass is 10.0. The number of ketones is 2. The number of ether oxygens (including phenoxy) is 2. The van der Waals surface area contributed by atoms with Gasteiger partial charge in [-0.1, -0.05) is 35.9 Å². The molecule has 0 unspecified atom stereocenters. The summed E-state index contributed by atoms with van der Waals surface area (Å²) in [6.07, 6.45) is -5.35. The molecule has 2 aliphatic heterocycles. The number of hydrogen-bond donors (Lipinski definition) is 3. The van der Waals surface area contributed by atoms with Crippen LogP contribution in [0.5, 0.6) is 11.5 Å². The monoisotopic (exact) mass is 926 g/mol. The zero-order valence-corrected chi connectivity index (χ0v) is 36.0. The van der Waals surface area contributed by atoms with E-state index in [0.29, 0.717) is 68.8 Å². The highest BCUT2D eigenvalue weighted by molar-refractivity contribution is 6.31. The minimum Gasteiger partial charge on any atom is -0.457 e. The molecule has 2 aromatic heterocycles. The average Bonchev–Trinajstić information content (AvgIpc) is 3.74. The Labute approximate surface area is 375 Å². The summed E-state index contributed by atoms with van der Waals surface area (Å²) in [5.41, 5.74) is -0.187. The molecule has 2 saturated heterocycles. The zero-order valence-electron chi connectivity index (χ0n) is 35.2. The highest BCUT2D eigenvalue weighted by atomic mass is 35.5. The van der Waals surface area contributed by atoms with Crippen molar-refractivity contribution in [2.75, 3.05) is 62.0 Å². The first kappa shape index (κ1) is 48.2. The number of hydrogen-bond acceptors (Lipinski definition) is 11. The molecule has 4 heterocycles. The van der Waals surface area contributed by atoms with Crippen LogP contribution in [0.4, 0.5) is 48.6 Å². The molecule has 20 heteroatoms. The fraction of sp³-hybridized carbons (Fsp3) is 0.333. The van der Waals surface area contributed by atoms with Crippen LogP contribution >= 0.6 is 11.6 Å². The second kappa shape index (κ2) is 21.6. The smallest absolute Gasteiger partial charge is 0.417 e. The first-order chi connectivity index (χ1) is 30.9. The number of anilines is 3. The van der Waals surface area contributed by atoms with E-state index in [9.17, 15) is 40.7 Å². The molecule has 0 radical (unpaired) electrons. The molecule has 344 valence electrons. The predicted molar refractivity (Wildman–Crippen MR) is 232 cm³/mol. The summed E-state index contributed by atoms with van der Waals surface area (Å²) >= 11 is 5.61. The van der Waals surface area contributed by atoms with Crippen molar-refractivity contribution in [2.45, 2.75) is 51.1 Å². The highest BCUT2D eigenvalue weighted by Crippen LogP contribution is 2.36. The van der Waals surface area contributed by atoms with Crippen molar-refractivity contribution in [1.82, 2.24) is 25.2 Å². The van der Waals surface area contributed by atoms with E-state index in [1.165, 1.54) is 37.4 Å². The molecule has 1 atom stereocenters. The fourth-order valence-corrected chi connectivity index (χ4v) is 7.26. The summed E-state index contributed by atoms with van der Waals surface area (Å²) in [5, 5.41) is 7.87. The molecule has 0 spiro atoms. The van der Waals surface area contributed by atoms with Crippen LogP contribution in [0.25, 0.3) is 0 Å². The van der Waals surface area contributed by atoms with Crippen LogP contribution in [0, 0.1) is 0 Å². The number of pyridine rings is 1. The number of morpholine rings is 1. The maximum absolute atomic E-state index is 13.7. The van der Waals surface area contributed by atoms with Gasteiger partial charge in [-0.2, -0.15) is 31.3 Å². The molecule has 0 aliphatic carbocycles. The number of carbonyl (C=O) groups excluding carboxylic acids is 3. The Kier molecular flexibility index (Phi) is 16.0. The summed E-state index contributed by atoms with van der Waals surface area (Å²) in [7, 11) is 1.73. The van der Waals surface area contributed by atoms with Crippen LogP contribution < -0.4 is 25.6 Å². The number of carbonyl (C=O) groups is 3.